The van der Waals surface area contributed by atoms with E-state index >= 15 is 0 Å². The third-order valence-electron chi connectivity index (χ3n) is 3.44. The lowest BCUT2D eigenvalue weighted by Gasteiger charge is -2.12. The van der Waals surface area contributed by atoms with Crippen LogP contribution in [0.3, 0.4) is 0 Å². The Balaban J connectivity index is 2.14. The van der Waals surface area contributed by atoms with Gasteiger partial charge in [0.25, 0.3) is 0 Å². The Bertz CT molecular complexity index is 805. The fraction of sp³-hybridized carbons (Fsp3) is 0.0556. The Morgan fingerprint density at radius 2 is 1.64 bits per heavy atom. The van der Waals surface area contributed by atoms with Crippen LogP contribution in [-0.4, -0.2) is 12.1 Å². The standard InChI is InChI=1S/C18H13ClFNO/c1-22-18-5-3-13(12-6-8-21-9-7-12)10-15(18)14-2-4-17(20)16(19)11-14/h2-11H,1H3. The van der Waals surface area contributed by atoms with E-state index in [1.54, 1.807) is 31.6 Å². The van der Waals surface area contributed by atoms with Crippen LogP contribution in [-0.2, 0) is 0 Å². The molecule has 0 aliphatic heterocycles. The van der Waals surface area contributed by atoms with E-state index in [-0.39, 0.29) is 5.02 Å². The van der Waals surface area contributed by atoms with Crippen LogP contribution < -0.4 is 4.74 Å². The number of rotatable bonds is 3. The largest absolute Gasteiger partial charge is 0.496 e. The lowest BCUT2D eigenvalue weighted by molar-refractivity contribution is 0.416. The maximum Gasteiger partial charge on any atom is 0.141 e. The molecule has 22 heavy (non-hydrogen) atoms. The number of pyridine rings is 1. The van der Waals surface area contributed by atoms with E-state index in [4.69, 9.17) is 16.3 Å². The molecule has 0 N–H and O–H groups in total. The van der Waals surface area contributed by atoms with Gasteiger partial charge in [-0.1, -0.05) is 23.7 Å². The van der Waals surface area contributed by atoms with E-state index in [0.29, 0.717) is 5.75 Å². The molecule has 0 saturated heterocycles. The highest BCUT2D eigenvalue weighted by Crippen LogP contribution is 2.35. The number of hydrogen-bond donors (Lipinski definition) is 0. The average molecular weight is 314 g/mol. The number of methoxy groups -OCH3 is 1. The van der Waals surface area contributed by atoms with E-state index in [1.165, 1.54) is 6.07 Å². The molecule has 0 aliphatic rings. The minimum Gasteiger partial charge on any atom is -0.496 e. The van der Waals surface area contributed by atoms with Crippen LogP contribution in [0.1, 0.15) is 0 Å². The lowest BCUT2D eigenvalue weighted by atomic mass is 9.98. The van der Waals surface area contributed by atoms with Crippen molar-refractivity contribution in [1.29, 1.82) is 0 Å². The number of aromatic nitrogens is 1. The minimum atomic E-state index is -0.435. The van der Waals surface area contributed by atoms with E-state index < -0.39 is 5.82 Å². The molecule has 2 nitrogen and oxygen atoms in total. The fourth-order valence-electron chi connectivity index (χ4n) is 2.32. The van der Waals surface area contributed by atoms with E-state index in [0.717, 1.165) is 22.3 Å². The highest BCUT2D eigenvalue weighted by atomic mass is 35.5. The smallest absolute Gasteiger partial charge is 0.141 e. The minimum absolute atomic E-state index is 0.0915. The van der Waals surface area contributed by atoms with Crippen LogP contribution in [0.2, 0.25) is 5.02 Å². The molecule has 3 aromatic rings. The molecule has 0 radical (unpaired) electrons. The molecular weight excluding hydrogens is 301 g/mol. The Kier molecular flexibility index (Phi) is 4.07. The van der Waals surface area contributed by atoms with Gasteiger partial charge in [0.2, 0.25) is 0 Å². The first-order valence-electron chi connectivity index (χ1n) is 6.73. The normalized spacial score (nSPS) is 10.5. The van der Waals surface area contributed by atoms with Gasteiger partial charge in [0.05, 0.1) is 12.1 Å². The molecule has 1 heterocycles. The van der Waals surface area contributed by atoms with Crippen molar-refractivity contribution in [3.8, 4) is 28.0 Å². The molecule has 0 fully saturated rings. The van der Waals surface area contributed by atoms with Crippen LogP contribution in [0.4, 0.5) is 4.39 Å². The molecule has 0 unspecified atom stereocenters. The first kappa shape index (κ1) is 14.5. The highest BCUT2D eigenvalue weighted by Gasteiger charge is 2.10. The predicted octanol–water partition coefficient (Wildman–Crippen LogP) is 5.22. The van der Waals surface area contributed by atoms with Crippen molar-refractivity contribution in [3.05, 3.63) is 71.8 Å². The van der Waals surface area contributed by atoms with Crippen molar-refractivity contribution in [2.24, 2.45) is 0 Å². The molecule has 3 rings (SSSR count). The van der Waals surface area contributed by atoms with Gasteiger partial charge in [-0.25, -0.2) is 4.39 Å². The first-order chi connectivity index (χ1) is 10.7. The highest BCUT2D eigenvalue weighted by molar-refractivity contribution is 6.31. The third kappa shape index (κ3) is 2.81. The number of halogens is 2. The molecule has 0 bridgehead atoms. The van der Waals surface area contributed by atoms with Crippen LogP contribution >= 0.6 is 11.6 Å². The number of benzene rings is 2. The zero-order valence-electron chi connectivity index (χ0n) is 11.9. The Morgan fingerprint density at radius 3 is 2.32 bits per heavy atom. The topological polar surface area (TPSA) is 22.1 Å². The van der Waals surface area contributed by atoms with Gasteiger partial charge in [-0.2, -0.15) is 0 Å². The molecule has 110 valence electrons. The van der Waals surface area contributed by atoms with E-state index in [9.17, 15) is 4.39 Å². The molecule has 0 saturated carbocycles. The molecule has 0 amide bonds. The summed E-state index contributed by atoms with van der Waals surface area (Å²) in [6, 6.07) is 14.4. The van der Waals surface area contributed by atoms with Gasteiger partial charge in [-0.05, 0) is 53.1 Å². The summed E-state index contributed by atoms with van der Waals surface area (Å²) in [6.45, 7) is 0. The summed E-state index contributed by atoms with van der Waals surface area (Å²) >= 11 is 5.89. The number of hydrogen-bond acceptors (Lipinski definition) is 2. The van der Waals surface area contributed by atoms with Crippen LogP contribution in [0.25, 0.3) is 22.3 Å². The van der Waals surface area contributed by atoms with Crippen molar-refractivity contribution < 1.29 is 9.13 Å². The second-order valence-corrected chi connectivity index (χ2v) is 5.19. The Labute approximate surface area is 133 Å². The molecule has 0 spiro atoms. The van der Waals surface area contributed by atoms with Gasteiger partial charge in [0, 0.05) is 18.0 Å². The second-order valence-electron chi connectivity index (χ2n) is 4.78. The van der Waals surface area contributed by atoms with Crippen molar-refractivity contribution >= 4 is 11.6 Å². The summed E-state index contributed by atoms with van der Waals surface area (Å²) in [7, 11) is 1.61. The SMILES string of the molecule is COc1ccc(-c2ccncc2)cc1-c1ccc(F)c(Cl)c1. The number of ether oxygens (including phenoxy) is 1. The Morgan fingerprint density at radius 1 is 0.909 bits per heavy atom. The van der Waals surface area contributed by atoms with Gasteiger partial charge in [0.15, 0.2) is 0 Å². The summed E-state index contributed by atoms with van der Waals surface area (Å²) in [6.07, 6.45) is 3.49. The van der Waals surface area contributed by atoms with E-state index in [2.05, 4.69) is 4.98 Å². The van der Waals surface area contributed by atoms with Crippen molar-refractivity contribution in [1.82, 2.24) is 4.98 Å². The van der Waals surface area contributed by atoms with Crippen LogP contribution in [0.5, 0.6) is 5.75 Å². The van der Waals surface area contributed by atoms with Crippen molar-refractivity contribution in [2.45, 2.75) is 0 Å². The van der Waals surface area contributed by atoms with Gasteiger partial charge in [-0.15, -0.1) is 0 Å². The maximum atomic E-state index is 13.4. The predicted molar refractivity (Wildman–Crippen MR) is 86.6 cm³/mol. The van der Waals surface area contributed by atoms with Gasteiger partial charge in [0.1, 0.15) is 11.6 Å². The van der Waals surface area contributed by atoms with E-state index in [1.807, 2.05) is 30.3 Å². The molecule has 0 aliphatic carbocycles. The molecular formula is C18H13ClFNO. The summed E-state index contributed by atoms with van der Waals surface area (Å²) in [5.74, 6) is 0.273. The Hall–Kier alpha value is -2.39. The van der Waals surface area contributed by atoms with Crippen LogP contribution in [0, 0.1) is 5.82 Å². The zero-order chi connectivity index (χ0) is 15.5. The first-order valence-corrected chi connectivity index (χ1v) is 7.10. The maximum absolute atomic E-state index is 13.4. The average Bonchev–Trinajstić information content (AvgIpc) is 2.57. The molecule has 2 aromatic carbocycles. The summed E-state index contributed by atoms with van der Waals surface area (Å²) in [5, 5.41) is 0.0915. The molecule has 1 aromatic heterocycles. The van der Waals surface area contributed by atoms with Gasteiger partial charge in [-0.3, -0.25) is 4.98 Å². The fourth-order valence-corrected chi connectivity index (χ4v) is 2.50. The van der Waals surface area contributed by atoms with Gasteiger partial charge < -0.3 is 4.74 Å². The van der Waals surface area contributed by atoms with Crippen molar-refractivity contribution in [2.75, 3.05) is 7.11 Å². The van der Waals surface area contributed by atoms with Gasteiger partial charge >= 0.3 is 0 Å². The van der Waals surface area contributed by atoms with Crippen LogP contribution in [0.15, 0.2) is 60.9 Å². The molecule has 0 atom stereocenters. The third-order valence-corrected chi connectivity index (χ3v) is 3.73. The summed E-state index contributed by atoms with van der Waals surface area (Å²) < 4.78 is 18.8. The lowest BCUT2D eigenvalue weighted by Crippen LogP contribution is -1.90. The monoisotopic (exact) mass is 313 g/mol. The second kappa shape index (κ2) is 6.16. The zero-order valence-corrected chi connectivity index (χ0v) is 12.6. The quantitative estimate of drug-likeness (QED) is 0.661. The number of nitrogens with zero attached hydrogens (tertiary/aromatic N) is 1. The molecule has 4 heteroatoms. The summed E-state index contributed by atoms with van der Waals surface area (Å²) in [4.78, 5) is 4.02. The van der Waals surface area contributed by atoms with Crippen molar-refractivity contribution in [3.63, 3.8) is 0 Å². The summed E-state index contributed by atoms with van der Waals surface area (Å²) in [5.41, 5.74) is 3.74.